The first-order chi connectivity index (χ1) is 33.1. The van der Waals surface area contributed by atoms with Crippen LogP contribution in [0.25, 0.3) is 21.1 Å². The van der Waals surface area contributed by atoms with Gasteiger partial charge in [0.1, 0.15) is 0 Å². The normalized spacial score (nSPS) is 13.5. The molecule has 16 heteroatoms. The fourth-order valence-electron chi connectivity index (χ4n) is 7.20. The predicted octanol–water partition coefficient (Wildman–Crippen LogP) is 14.5. The number of nitrogens with one attached hydrogen (secondary N) is 1. The molecule has 0 radical (unpaired) electrons. The Labute approximate surface area is 432 Å². The number of rotatable bonds is 16. The number of ketones is 1. The zero-order valence-corrected chi connectivity index (χ0v) is 46.9. The molecule has 372 valence electrons. The first-order valence-corrected chi connectivity index (χ1v) is 30.0. The number of halogens is 2. The SMILES string of the molecule is [C-]#[N+]c1ccc(C[C@@H](C(=O)NCC(=O)c2ccc(C#N)cc2)[C@H](C)O[Si](C)(C)C(C)(C)C)c(C)c1Cl.[C-]#[N+]c1ccc(C[C@@H](c2nnc(-c3ccc(C#N)cc3)o2)[C@H](C)O[Si](C)(C)C(C)(C)C)c(C)c1Cl. The van der Waals surface area contributed by atoms with E-state index in [-0.39, 0.29) is 40.3 Å². The zero-order chi connectivity index (χ0) is 53.2. The van der Waals surface area contributed by atoms with Crippen LogP contribution in [0.15, 0.2) is 77.2 Å². The summed E-state index contributed by atoms with van der Waals surface area (Å²) in [6.07, 6.45) is 0.337. The number of nitriles is 2. The first-order valence-electron chi connectivity index (χ1n) is 23.4. The molecule has 0 unspecified atom stereocenters. The quantitative estimate of drug-likeness (QED) is 0.0576. The number of nitrogens with zero attached hydrogens (tertiary/aromatic N) is 6. The molecule has 0 fully saturated rings. The number of Topliss-reactive ketones (excluding diaryl/α,β-unsaturated/α-hetero) is 1. The number of benzene rings is 4. The third-order valence-corrected chi connectivity index (χ3v) is 24.0. The molecular weight excluding hydrogens is 966 g/mol. The van der Waals surface area contributed by atoms with Gasteiger partial charge in [0.2, 0.25) is 29.1 Å². The van der Waals surface area contributed by atoms with Crippen LogP contribution in [-0.2, 0) is 26.5 Å². The van der Waals surface area contributed by atoms with Crippen LogP contribution in [0, 0.1) is 55.6 Å². The van der Waals surface area contributed by atoms with Crippen LogP contribution in [-0.4, -0.2) is 57.3 Å². The Hall–Kier alpha value is -5.95. The summed E-state index contributed by atoms with van der Waals surface area (Å²) in [5.41, 5.74) is 6.52. The van der Waals surface area contributed by atoms with Crippen LogP contribution in [0.3, 0.4) is 0 Å². The number of amides is 1. The van der Waals surface area contributed by atoms with Crippen molar-refractivity contribution < 1.29 is 22.9 Å². The number of hydrogen-bond acceptors (Lipinski definition) is 9. The highest BCUT2D eigenvalue weighted by Gasteiger charge is 2.42. The number of carbonyl (C=O) groups excluding carboxylic acids is 2. The first kappa shape index (κ1) is 57.6. The topological polar surface area (TPSA) is 160 Å². The Morgan fingerprint density at radius 2 is 1.17 bits per heavy atom. The molecule has 0 aliphatic heterocycles. The van der Waals surface area contributed by atoms with Crippen molar-refractivity contribution in [2.24, 2.45) is 5.92 Å². The van der Waals surface area contributed by atoms with Crippen LogP contribution in [0.1, 0.15) is 111 Å². The van der Waals surface area contributed by atoms with Crippen molar-refractivity contribution in [1.82, 2.24) is 15.5 Å². The molecule has 0 spiro atoms. The van der Waals surface area contributed by atoms with Crippen molar-refractivity contribution in [3.8, 4) is 23.6 Å². The van der Waals surface area contributed by atoms with Gasteiger partial charge in [0.15, 0.2) is 22.4 Å². The van der Waals surface area contributed by atoms with Crippen LogP contribution in [0.2, 0.25) is 46.3 Å². The van der Waals surface area contributed by atoms with E-state index in [2.05, 4.69) is 106 Å². The van der Waals surface area contributed by atoms with Gasteiger partial charge in [-0.05, 0) is 135 Å². The maximum Gasteiger partial charge on any atom is 0.247 e. The summed E-state index contributed by atoms with van der Waals surface area (Å²) in [7, 11) is -4.25. The molecule has 12 nitrogen and oxygen atoms in total. The van der Waals surface area contributed by atoms with Crippen LogP contribution < -0.4 is 5.32 Å². The third-order valence-electron chi connectivity index (χ3n) is 13.9. The van der Waals surface area contributed by atoms with Gasteiger partial charge in [-0.2, -0.15) is 10.5 Å². The van der Waals surface area contributed by atoms with Gasteiger partial charge in [0.25, 0.3) is 0 Å². The molecule has 1 N–H and O–H groups in total. The second kappa shape index (κ2) is 24.0. The van der Waals surface area contributed by atoms with Crippen molar-refractivity contribution in [2.75, 3.05) is 6.54 Å². The Kier molecular flexibility index (Phi) is 19.5. The second-order valence-corrected chi connectivity index (χ2v) is 31.1. The molecule has 0 saturated heterocycles. The highest BCUT2D eigenvalue weighted by molar-refractivity contribution is 6.74. The van der Waals surface area contributed by atoms with Crippen molar-refractivity contribution in [3.63, 3.8) is 0 Å². The lowest BCUT2D eigenvalue weighted by atomic mass is 9.91. The molecule has 5 rings (SSSR count). The van der Waals surface area contributed by atoms with E-state index in [1.54, 1.807) is 60.7 Å². The van der Waals surface area contributed by atoms with E-state index in [9.17, 15) is 9.59 Å². The number of aromatic nitrogens is 2. The second-order valence-electron chi connectivity index (χ2n) is 20.8. The predicted molar refractivity (Wildman–Crippen MR) is 287 cm³/mol. The lowest BCUT2D eigenvalue weighted by Gasteiger charge is -2.40. The van der Waals surface area contributed by atoms with E-state index in [0.717, 1.165) is 27.8 Å². The van der Waals surface area contributed by atoms with E-state index in [0.29, 0.717) is 62.7 Å². The van der Waals surface area contributed by atoms with E-state index in [1.165, 1.54) is 0 Å². The molecule has 1 aromatic heterocycles. The van der Waals surface area contributed by atoms with Gasteiger partial charge in [-0.1, -0.05) is 101 Å². The highest BCUT2D eigenvalue weighted by atomic mass is 35.5. The van der Waals surface area contributed by atoms with Crippen LogP contribution in [0.4, 0.5) is 11.4 Å². The fourth-order valence-corrected chi connectivity index (χ4v) is 10.6. The third kappa shape index (κ3) is 14.6. The van der Waals surface area contributed by atoms with Crippen LogP contribution in [0.5, 0.6) is 0 Å². The van der Waals surface area contributed by atoms with Gasteiger partial charge in [-0.15, -0.1) is 10.2 Å². The van der Waals surface area contributed by atoms with Crippen molar-refractivity contribution in [3.05, 3.63) is 151 Å². The summed E-state index contributed by atoms with van der Waals surface area (Å²) in [6, 6.07) is 24.7. The Balaban J connectivity index is 0.000000309. The summed E-state index contributed by atoms with van der Waals surface area (Å²) in [5, 5.41) is 30.4. The van der Waals surface area contributed by atoms with Gasteiger partial charge >= 0.3 is 0 Å². The minimum atomic E-state index is -2.18. The van der Waals surface area contributed by atoms with Crippen molar-refractivity contribution in [2.45, 2.75) is 136 Å². The minimum absolute atomic E-state index is 0.0374. The van der Waals surface area contributed by atoms with E-state index < -0.39 is 28.7 Å². The van der Waals surface area contributed by atoms with Gasteiger partial charge in [-0.3, -0.25) is 9.59 Å². The van der Waals surface area contributed by atoms with E-state index in [4.69, 9.17) is 60.1 Å². The molecule has 1 amide bonds. The summed E-state index contributed by atoms with van der Waals surface area (Å²) >= 11 is 12.9. The molecule has 0 aliphatic rings. The molecule has 1 heterocycles. The monoisotopic (exact) mass is 1030 g/mol. The van der Waals surface area contributed by atoms with E-state index in [1.807, 2.05) is 39.0 Å². The van der Waals surface area contributed by atoms with Crippen molar-refractivity contribution in [1.29, 1.82) is 10.5 Å². The Morgan fingerprint density at radius 1 is 0.718 bits per heavy atom. The maximum absolute atomic E-state index is 13.4. The lowest BCUT2D eigenvalue weighted by Crippen LogP contribution is -2.48. The average Bonchev–Trinajstić information content (AvgIpc) is 3.81. The lowest BCUT2D eigenvalue weighted by molar-refractivity contribution is -0.127. The zero-order valence-electron chi connectivity index (χ0n) is 43.3. The average molecular weight is 1030 g/mol. The maximum atomic E-state index is 13.4. The molecule has 4 aromatic carbocycles. The van der Waals surface area contributed by atoms with Crippen molar-refractivity contribution >= 4 is 62.9 Å². The molecule has 0 saturated carbocycles. The molecule has 0 aliphatic carbocycles. The van der Waals surface area contributed by atoms with E-state index >= 15 is 0 Å². The molecule has 0 bridgehead atoms. The minimum Gasteiger partial charge on any atom is -0.420 e. The van der Waals surface area contributed by atoms with Gasteiger partial charge < -0.3 is 18.6 Å². The summed E-state index contributed by atoms with van der Waals surface area (Å²) < 4.78 is 19.5. The Morgan fingerprint density at radius 3 is 1.62 bits per heavy atom. The smallest absolute Gasteiger partial charge is 0.247 e. The number of hydrogen-bond donors (Lipinski definition) is 1. The highest BCUT2D eigenvalue weighted by Crippen LogP contribution is 2.42. The fraction of sp³-hybridized carbons (Fsp3) is 0.418. The molecular formula is C55H65Cl2N7O5Si2. The summed E-state index contributed by atoms with van der Waals surface area (Å²) in [6.45, 7) is 44.0. The molecule has 5 aromatic rings. The van der Waals surface area contributed by atoms with Gasteiger partial charge in [-0.25, -0.2) is 9.69 Å². The van der Waals surface area contributed by atoms with Crippen LogP contribution >= 0.6 is 23.2 Å². The summed E-state index contributed by atoms with van der Waals surface area (Å²) in [5.74, 6) is -0.426. The number of carbonyl (C=O) groups is 2. The molecule has 71 heavy (non-hydrogen) atoms. The molecule has 4 atom stereocenters. The largest absolute Gasteiger partial charge is 0.420 e. The standard InChI is InChI=1S/C28H34ClN3O3Si.C27H31ClN4O2Si/c1-18-22(13-14-24(31-6)26(18)29)15-23(19(2)35-36(7,8)28(3,4)5)27(34)32-17-25(33)21-11-9-20(16-30)10-12-21;1-17-21(13-14-23(30-6)24(17)28)15-22(18(2)34-35(7,8)27(3,4)5)26-32-31-25(33-26)20-11-9-19(16-29)10-12-20/h9-14,19,23H,15,17H2,1-5,7-8H3,(H,32,34);9-14,18,22H,15H2,1-5,7-8H3/t19-,23+;18-,22+/m00/s1. The van der Waals surface area contributed by atoms with Gasteiger partial charge in [0, 0.05) is 11.1 Å². The Bertz CT molecular complexity index is 2880. The van der Waals surface area contributed by atoms with Gasteiger partial charge in [0.05, 0.1) is 77.0 Å². The summed E-state index contributed by atoms with van der Waals surface area (Å²) in [4.78, 5) is 33.0.